The van der Waals surface area contributed by atoms with Crippen LogP contribution in [0.3, 0.4) is 0 Å². The zero-order valence-corrected chi connectivity index (χ0v) is 6.56. The average Bonchev–Trinajstić information content (AvgIpc) is 2.03. The Morgan fingerprint density at radius 1 is 1.33 bits per heavy atom. The Kier molecular flexibility index (Phi) is 2.57. The summed E-state index contributed by atoms with van der Waals surface area (Å²) in [5.41, 5.74) is 0.0656. The van der Waals surface area contributed by atoms with Crippen molar-refractivity contribution in [3.05, 3.63) is 18.2 Å². The van der Waals surface area contributed by atoms with Crippen LogP contribution < -0.4 is 10.2 Å². The first kappa shape index (κ1) is 8.90. The molecular weight excluding hydrogens is 159 g/mol. The molecule has 0 fully saturated rings. The fourth-order valence-corrected chi connectivity index (χ4v) is 0.869. The summed E-state index contributed by atoms with van der Waals surface area (Å²) in [4.78, 5) is 0. The molecule has 0 aliphatic heterocycles. The van der Waals surface area contributed by atoms with E-state index < -0.39 is 7.12 Å². The predicted octanol–water partition coefficient (Wildman–Crippen LogP) is -0.919. The minimum Gasteiger partial charge on any atom is -0.508 e. The monoisotopic (exact) mass is 168 g/mol. The van der Waals surface area contributed by atoms with Crippen LogP contribution in [0.2, 0.25) is 0 Å². The third kappa shape index (κ3) is 1.69. The second-order valence-corrected chi connectivity index (χ2v) is 2.30. The van der Waals surface area contributed by atoms with E-state index in [9.17, 15) is 5.11 Å². The van der Waals surface area contributed by atoms with Crippen molar-refractivity contribution in [2.75, 3.05) is 7.11 Å². The number of hydrogen-bond acceptors (Lipinski definition) is 4. The molecule has 0 spiro atoms. The fourth-order valence-electron chi connectivity index (χ4n) is 0.869. The highest BCUT2D eigenvalue weighted by Crippen LogP contribution is 2.15. The van der Waals surface area contributed by atoms with Crippen LogP contribution in [0.5, 0.6) is 11.5 Å². The summed E-state index contributed by atoms with van der Waals surface area (Å²) in [5.74, 6) is 0.279. The summed E-state index contributed by atoms with van der Waals surface area (Å²) in [5, 5.41) is 26.6. The van der Waals surface area contributed by atoms with E-state index >= 15 is 0 Å². The minimum absolute atomic E-state index is 0.0656. The van der Waals surface area contributed by atoms with Gasteiger partial charge in [0.1, 0.15) is 11.5 Å². The van der Waals surface area contributed by atoms with E-state index in [1.165, 1.54) is 25.3 Å². The van der Waals surface area contributed by atoms with Crippen LogP contribution in [0.25, 0.3) is 0 Å². The highest BCUT2D eigenvalue weighted by atomic mass is 16.5. The van der Waals surface area contributed by atoms with Gasteiger partial charge in [-0.1, -0.05) is 6.07 Å². The molecule has 0 radical (unpaired) electrons. The maximum absolute atomic E-state index is 9.19. The maximum atomic E-state index is 9.19. The van der Waals surface area contributed by atoms with Crippen LogP contribution in [0.4, 0.5) is 0 Å². The van der Waals surface area contributed by atoms with Crippen molar-refractivity contribution in [3.8, 4) is 11.5 Å². The fraction of sp³-hybridized carbons (Fsp3) is 0.143. The first-order valence-electron chi connectivity index (χ1n) is 3.38. The maximum Gasteiger partial charge on any atom is 0.492 e. The van der Waals surface area contributed by atoms with Gasteiger partial charge in [-0.15, -0.1) is 0 Å². The Labute approximate surface area is 70.2 Å². The molecule has 12 heavy (non-hydrogen) atoms. The molecule has 5 heteroatoms. The molecule has 0 heterocycles. The smallest absolute Gasteiger partial charge is 0.492 e. The zero-order chi connectivity index (χ0) is 9.14. The van der Waals surface area contributed by atoms with Crippen molar-refractivity contribution in [1.29, 1.82) is 0 Å². The van der Waals surface area contributed by atoms with E-state index in [0.717, 1.165) is 0 Å². The number of benzene rings is 1. The summed E-state index contributed by atoms with van der Waals surface area (Å²) >= 11 is 0. The van der Waals surface area contributed by atoms with Gasteiger partial charge in [0.25, 0.3) is 0 Å². The molecule has 0 saturated heterocycles. The van der Waals surface area contributed by atoms with Crippen LogP contribution in [-0.2, 0) is 0 Å². The topological polar surface area (TPSA) is 69.9 Å². The lowest BCUT2D eigenvalue weighted by Gasteiger charge is -2.04. The number of phenols is 1. The van der Waals surface area contributed by atoms with Gasteiger partial charge >= 0.3 is 7.12 Å². The Bertz CT molecular complexity index is 274. The molecule has 0 aromatic heterocycles. The van der Waals surface area contributed by atoms with E-state index in [2.05, 4.69) is 0 Å². The predicted molar refractivity (Wildman–Crippen MR) is 44.5 cm³/mol. The molecule has 0 amide bonds. The summed E-state index contributed by atoms with van der Waals surface area (Å²) < 4.78 is 4.81. The third-order valence-corrected chi connectivity index (χ3v) is 1.52. The average molecular weight is 168 g/mol. The van der Waals surface area contributed by atoms with Gasteiger partial charge in [0.15, 0.2) is 0 Å². The third-order valence-electron chi connectivity index (χ3n) is 1.52. The van der Waals surface area contributed by atoms with Crippen LogP contribution in [0.1, 0.15) is 0 Å². The number of aromatic hydroxyl groups is 1. The first-order chi connectivity index (χ1) is 5.65. The van der Waals surface area contributed by atoms with Crippen LogP contribution >= 0.6 is 0 Å². The molecular formula is C7H9BO4. The molecule has 4 nitrogen and oxygen atoms in total. The lowest BCUT2D eigenvalue weighted by Crippen LogP contribution is -2.29. The van der Waals surface area contributed by atoms with Crippen molar-refractivity contribution in [2.45, 2.75) is 0 Å². The van der Waals surface area contributed by atoms with E-state index in [1.807, 2.05) is 0 Å². The van der Waals surface area contributed by atoms with Crippen molar-refractivity contribution in [3.63, 3.8) is 0 Å². The highest BCUT2D eigenvalue weighted by Gasteiger charge is 2.15. The van der Waals surface area contributed by atoms with Gasteiger partial charge in [-0.3, -0.25) is 0 Å². The lowest BCUT2D eigenvalue weighted by atomic mass is 9.79. The van der Waals surface area contributed by atoms with Crippen LogP contribution in [0, 0.1) is 0 Å². The second-order valence-electron chi connectivity index (χ2n) is 2.30. The van der Waals surface area contributed by atoms with Crippen molar-refractivity contribution >= 4 is 12.6 Å². The van der Waals surface area contributed by atoms with E-state index in [4.69, 9.17) is 14.8 Å². The number of phenolic OH excluding ortho intramolecular Hbond substituents is 1. The molecule has 1 aromatic rings. The Hall–Kier alpha value is -1.20. The number of methoxy groups -OCH3 is 1. The van der Waals surface area contributed by atoms with Gasteiger partial charge in [-0.25, -0.2) is 0 Å². The van der Waals surface area contributed by atoms with Crippen molar-refractivity contribution in [1.82, 2.24) is 0 Å². The number of hydrogen-bond donors (Lipinski definition) is 3. The van der Waals surface area contributed by atoms with Crippen molar-refractivity contribution < 1.29 is 19.9 Å². The van der Waals surface area contributed by atoms with E-state index in [-0.39, 0.29) is 11.2 Å². The van der Waals surface area contributed by atoms with Gasteiger partial charge in [0.2, 0.25) is 0 Å². The Morgan fingerprint density at radius 2 is 2.00 bits per heavy atom. The van der Waals surface area contributed by atoms with Crippen molar-refractivity contribution in [2.24, 2.45) is 0 Å². The summed E-state index contributed by atoms with van der Waals surface area (Å²) in [6, 6.07) is 4.24. The molecule has 64 valence electrons. The standard InChI is InChI=1S/C7H9BO4/c1-12-5-2-3-6(8(10)11)7(9)4-5/h2-4,9-11H,1H3. The van der Waals surface area contributed by atoms with Crippen LogP contribution in [0.15, 0.2) is 18.2 Å². The Balaban J connectivity index is 3.03. The lowest BCUT2D eigenvalue weighted by molar-refractivity contribution is 0.404. The zero-order valence-electron chi connectivity index (χ0n) is 6.56. The largest absolute Gasteiger partial charge is 0.508 e. The molecule has 0 saturated carbocycles. The van der Waals surface area contributed by atoms with Gasteiger partial charge in [-0.2, -0.15) is 0 Å². The van der Waals surface area contributed by atoms with Gasteiger partial charge in [0, 0.05) is 11.5 Å². The van der Waals surface area contributed by atoms with E-state index in [0.29, 0.717) is 5.75 Å². The molecule has 3 N–H and O–H groups in total. The Morgan fingerprint density at radius 3 is 2.42 bits per heavy atom. The highest BCUT2D eigenvalue weighted by molar-refractivity contribution is 6.59. The number of ether oxygens (including phenoxy) is 1. The van der Waals surface area contributed by atoms with Crippen LogP contribution in [-0.4, -0.2) is 29.4 Å². The minimum atomic E-state index is -1.66. The summed E-state index contributed by atoms with van der Waals surface area (Å²) in [6.07, 6.45) is 0. The number of rotatable bonds is 2. The SMILES string of the molecule is COc1ccc(B(O)O)c(O)c1. The molecule has 0 bridgehead atoms. The molecule has 0 atom stereocenters. The molecule has 1 rings (SSSR count). The first-order valence-corrected chi connectivity index (χ1v) is 3.38. The summed E-state index contributed by atoms with van der Waals surface area (Å²) in [6.45, 7) is 0. The second kappa shape index (κ2) is 3.47. The molecule has 1 aromatic carbocycles. The summed E-state index contributed by atoms with van der Waals surface area (Å²) in [7, 11) is -0.194. The normalized spacial score (nSPS) is 9.58. The van der Waals surface area contributed by atoms with Gasteiger partial charge in [-0.05, 0) is 6.07 Å². The quantitative estimate of drug-likeness (QED) is 0.499. The van der Waals surface area contributed by atoms with E-state index in [1.54, 1.807) is 0 Å². The molecule has 0 aliphatic carbocycles. The molecule has 0 aliphatic rings. The molecule has 0 unspecified atom stereocenters. The van der Waals surface area contributed by atoms with Gasteiger partial charge < -0.3 is 19.9 Å². The van der Waals surface area contributed by atoms with Gasteiger partial charge in [0.05, 0.1) is 7.11 Å².